The number of hydrogen-bond acceptors (Lipinski definition) is 11. The fourth-order valence-electron chi connectivity index (χ4n) is 3.90. The van der Waals surface area contributed by atoms with Crippen molar-refractivity contribution in [2.24, 2.45) is 0 Å². The Morgan fingerprint density at radius 2 is 1.41 bits per heavy atom. The number of non-ortho nitro benzene ring substituents is 1. The normalized spacial score (nSPS) is 10.1. The lowest BCUT2D eigenvalue weighted by atomic mass is 10.2. The number of halogens is 2. The summed E-state index contributed by atoms with van der Waals surface area (Å²) in [6.07, 6.45) is 4.28. The van der Waals surface area contributed by atoms with Crippen molar-refractivity contribution < 1.29 is 32.7 Å². The Kier molecular flexibility index (Phi) is 15.9. The zero-order valence-electron chi connectivity index (χ0n) is 28.1. The summed E-state index contributed by atoms with van der Waals surface area (Å²) in [7, 11) is 4.01. The van der Waals surface area contributed by atoms with Gasteiger partial charge in [0.05, 0.1) is 23.8 Å². The second kappa shape index (κ2) is 19.8. The molecule has 0 aliphatic carbocycles. The number of hydrogen-bond donors (Lipinski definition) is 4. The highest BCUT2D eigenvalue weighted by Crippen LogP contribution is 2.27. The van der Waals surface area contributed by atoms with E-state index >= 15 is 0 Å². The molecule has 0 aliphatic rings. The molecule has 0 bridgehead atoms. The van der Waals surface area contributed by atoms with Crippen molar-refractivity contribution >= 4 is 40.1 Å². The molecule has 0 spiro atoms. The van der Waals surface area contributed by atoms with Gasteiger partial charge < -0.3 is 42.0 Å². The van der Waals surface area contributed by atoms with Crippen molar-refractivity contribution in [3.8, 4) is 17.2 Å². The van der Waals surface area contributed by atoms with E-state index in [0.717, 1.165) is 43.0 Å². The van der Waals surface area contributed by atoms with E-state index in [0.29, 0.717) is 23.7 Å². The smallest absolute Gasteiger partial charge is 0.347 e. The first-order valence-electron chi connectivity index (χ1n) is 15.5. The van der Waals surface area contributed by atoms with Crippen molar-refractivity contribution in [3.63, 3.8) is 0 Å². The Morgan fingerprint density at radius 1 is 0.776 bits per heavy atom. The quantitative estimate of drug-likeness (QED) is 0.0294. The van der Waals surface area contributed by atoms with Gasteiger partial charge in [-0.1, -0.05) is 26.7 Å². The monoisotopic (exact) mass is 682 g/mol. The largest absolute Gasteiger partial charge is 0.493 e. The van der Waals surface area contributed by atoms with E-state index < -0.39 is 28.2 Å². The van der Waals surface area contributed by atoms with E-state index in [2.05, 4.69) is 6.92 Å². The number of rotatable bonds is 12. The molecule has 4 aromatic carbocycles. The molecule has 0 saturated heterocycles. The van der Waals surface area contributed by atoms with Crippen molar-refractivity contribution in [2.75, 3.05) is 55.1 Å². The van der Waals surface area contributed by atoms with Crippen LogP contribution in [0, 0.1) is 21.7 Å². The minimum absolute atomic E-state index is 0.0317. The molecule has 49 heavy (non-hydrogen) atoms. The number of unbranched alkanes of at least 4 members (excludes halogenated alkanes) is 2. The number of nitrogen functional groups attached to an aromatic ring is 4. The Morgan fingerprint density at radius 3 is 1.98 bits per heavy atom. The van der Waals surface area contributed by atoms with Crippen LogP contribution >= 0.6 is 0 Å². The summed E-state index contributed by atoms with van der Waals surface area (Å²) in [5.41, 5.74) is 23.6. The Balaban J connectivity index is 0.000000277. The third kappa shape index (κ3) is 13.1. The van der Waals surface area contributed by atoms with Crippen LogP contribution in [0.1, 0.15) is 49.9 Å². The number of ether oxygens (including phenoxy) is 3. The summed E-state index contributed by atoms with van der Waals surface area (Å²) in [4.78, 5) is 24.4. The highest BCUT2D eigenvalue weighted by molar-refractivity contribution is 5.94. The van der Waals surface area contributed by atoms with E-state index in [1.54, 1.807) is 12.1 Å². The minimum atomic E-state index is -0.822. The predicted molar refractivity (Wildman–Crippen MR) is 190 cm³/mol. The van der Waals surface area contributed by atoms with Crippen LogP contribution in [0.3, 0.4) is 0 Å². The third-order valence-electron chi connectivity index (χ3n) is 6.57. The maximum absolute atomic E-state index is 12.4. The molecule has 4 rings (SSSR count). The number of nitro benzene ring substituents is 1. The number of carbonyl (C=O) groups excluding carboxylic acids is 1. The lowest BCUT2D eigenvalue weighted by Crippen LogP contribution is -2.11. The molecule has 4 aromatic rings. The molecule has 0 atom stereocenters. The van der Waals surface area contributed by atoms with Crippen molar-refractivity contribution in [2.45, 2.75) is 39.5 Å². The maximum atomic E-state index is 12.4. The summed E-state index contributed by atoms with van der Waals surface area (Å²) in [6.45, 7) is 5.32. The second-order valence-electron chi connectivity index (χ2n) is 10.8. The van der Waals surface area contributed by atoms with Gasteiger partial charge >= 0.3 is 5.97 Å². The Labute approximate surface area is 284 Å². The zero-order valence-corrected chi connectivity index (χ0v) is 28.1. The summed E-state index contributed by atoms with van der Waals surface area (Å²) in [5.74, 6) is -0.917. The first-order chi connectivity index (χ1) is 23.3. The van der Waals surface area contributed by atoms with E-state index in [1.807, 2.05) is 44.1 Å². The molecule has 0 aliphatic heterocycles. The number of carbonyl (C=O) groups is 1. The van der Waals surface area contributed by atoms with Crippen LogP contribution in [-0.2, 0) is 0 Å². The highest BCUT2D eigenvalue weighted by Gasteiger charge is 2.16. The molecule has 0 fully saturated rings. The maximum Gasteiger partial charge on any atom is 0.347 e. The van der Waals surface area contributed by atoms with E-state index in [-0.39, 0.29) is 22.7 Å². The zero-order chi connectivity index (χ0) is 36.5. The van der Waals surface area contributed by atoms with Crippen molar-refractivity contribution in [1.82, 2.24) is 0 Å². The molecule has 0 aromatic heterocycles. The van der Waals surface area contributed by atoms with Crippen LogP contribution in [0.5, 0.6) is 17.2 Å². The number of nitrogens with zero attached hydrogens (tertiary/aromatic N) is 2. The van der Waals surface area contributed by atoms with Gasteiger partial charge in [0.2, 0.25) is 0 Å². The van der Waals surface area contributed by atoms with Gasteiger partial charge in [-0.3, -0.25) is 10.1 Å². The van der Waals surface area contributed by atoms with Gasteiger partial charge in [-0.25, -0.2) is 13.6 Å². The van der Waals surface area contributed by atoms with Gasteiger partial charge in [0.25, 0.3) is 5.69 Å². The van der Waals surface area contributed by atoms with Gasteiger partial charge in [-0.2, -0.15) is 0 Å². The Hall–Kier alpha value is -5.79. The number of nitro groups is 1. The van der Waals surface area contributed by atoms with Gasteiger partial charge in [0.1, 0.15) is 28.5 Å². The first-order valence-corrected chi connectivity index (χ1v) is 15.5. The second-order valence-corrected chi connectivity index (χ2v) is 10.8. The standard InChI is InChI=1S/C16H16N2O5.C13H22N2O.C6H6F2N2/c1-2-9-22-15-10-11(17)3-8-14(15)16(19)23-13-6-4-12(5-7-13)18(20)21;1-4-5-6-9-16-13-10-11(15(2)3)7-8-12(13)14;7-4-1-3(9)2-5(8)6(4)10/h3-8,10H,2,9,17H2,1H3;7-8,10H,4-6,9,14H2,1-3H3;1-2H,9-10H2. The van der Waals surface area contributed by atoms with Crippen molar-refractivity contribution in [3.05, 3.63) is 100 Å². The average molecular weight is 683 g/mol. The molecule has 0 amide bonds. The Bertz CT molecular complexity index is 1650. The molecule has 12 nitrogen and oxygen atoms in total. The third-order valence-corrected chi connectivity index (χ3v) is 6.57. The number of benzene rings is 4. The topological polar surface area (TPSA) is 195 Å². The van der Waals surface area contributed by atoms with Crippen LogP contribution < -0.4 is 42.0 Å². The van der Waals surface area contributed by atoms with Gasteiger partial charge in [0.15, 0.2) is 11.6 Å². The summed E-state index contributed by atoms with van der Waals surface area (Å²) in [5, 5.41) is 10.6. The van der Waals surface area contributed by atoms with Gasteiger partial charge in [-0.15, -0.1) is 0 Å². The fourth-order valence-corrected chi connectivity index (χ4v) is 3.90. The number of anilines is 5. The highest BCUT2D eigenvalue weighted by atomic mass is 19.1. The van der Waals surface area contributed by atoms with Gasteiger partial charge in [-0.05, 0) is 61.4 Å². The molecular weight excluding hydrogens is 638 g/mol. The van der Waals surface area contributed by atoms with E-state index in [9.17, 15) is 23.7 Å². The minimum Gasteiger partial charge on any atom is -0.493 e. The van der Waals surface area contributed by atoms with Crippen LogP contribution in [-0.4, -0.2) is 38.2 Å². The summed E-state index contributed by atoms with van der Waals surface area (Å²) >= 11 is 0. The van der Waals surface area contributed by atoms with Crippen LogP contribution in [0.2, 0.25) is 0 Å². The average Bonchev–Trinajstić information content (AvgIpc) is 3.06. The van der Waals surface area contributed by atoms with Crippen LogP contribution in [0.25, 0.3) is 0 Å². The predicted octanol–water partition coefficient (Wildman–Crippen LogP) is 7.22. The molecule has 0 saturated carbocycles. The molecule has 8 N–H and O–H groups in total. The first kappa shape index (κ1) is 39.4. The lowest BCUT2D eigenvalue weighted by molar-refractivity contribution is -0.384. The molecule has 0 unspecified atom stereocenters. The summed E-state index contributed by atoms with van der Waals surface area (Å²) < 4.78 is 41.2. The molecule has 0 heterocycles. The van der Waals surface area contributed by atoms with Gasteiger partial charge in [0, 0.05) is 55.4 Å². The number of nitrogens with two attached hydrogens (primary N) is 4. The van der Waals surface area contributed by atoms with Crippen LogP contribution in [0.15, 0.2) is 72.8 Å². The molecular formula is C35H44F2N6O6. The van der Waals surface area contributed by atoms with E-state index in [1.165, 1.54) is 43.2 Å². The SMILES string of the molecule is CCCCCOc1cc(N(C)C)ccc1N.CCCOc1cc(N)ccc1C(=O)Oc1ccc([N+](=O)[O-])cc1.Nc1cc(F)c(N)c(F)c1. The summed E-state index contributed by atoms with van der Waals surface area (Å²) in [6, 6.07) is 17.7. The number of esters is 1. The fraction of sp³-hybridized carbons (Fsp3) is 0.286. The lowest BCUT2D eigenvalue weighted by Gasteiger charge is -2.15. The molecule has 264 valence electrons. The molecule has 0 radical (unpaired) electrons. The van der Waals surface area contributed by atoms with Crippen molar-refractivity contribution in [1.29, 1.82) is 0 Å². The van der Waals surface area contributed by atoms with Crippen LogP contribution in [0.4, 0.5) is 42.9 Å². The molecule has 14 heteroatoms. The van der Waals surface area contributed by atoms with E-state index in [4.69, 9.17) is 37.1 Å².